The highest BCUT2D eigenvalue weighted by Gasteiger charge is 2.44. The lowest BCUT2D eigenvalue weighted by Gasteiger charge is -2.37. The quantitative estimate of drug-likeness (QED) is 0.790. The zero-order chi connectivity index (χ0) is 18.2. The van der Waals surface area contributed by atoms with E-state index in [-0.39, 0.29) is 22.9 Å². The average molecular weight is 381 g/mol. The Hall–Kier alpha value is -1.90. The van der Waals surface area contributed by atoms with Gasteiger partial charge in [-0.2, -0.15) is 4.31 Å². The van der Waals surface area contributed by atoms with Gasteiger partial charge in [0.2, 0.25) is 10.0 Å². The summed E-state index contributed by atoms with van der Waals surface area (Å²) in [5, 5.41) is -0.735. The maximum Gasteiger partial charge on any atom is 0.243 e. The number of sulfone groups is 1. The highest BCUT2D eigenvalue weighted by Crippen LogP contribution is 2.29. The van der Waals surface area contributed by atoms with Gasteiger partial charge < -0.3 is 4.74 Å². The molecule has 0 saturated carbocycles. The van der Waals surface area contributed by atoms with Gasteiger partial charge in [-0.3, -0.25) is 0 Å². The van der Waals surface area contributed by atoms with Crippen LogP contribution in [-0.4, -0.2) is 46.6 Å². The van der Waals surface area contributed by atoms with Crippen LogP contribution in [0.2, 0.25) is 0 Å². The molecule has 2 aromatic rings. The molecule has 6 nitrogen and oxygen atoms in total. The summed E-state index contributed by atoms with van der Waals surface area (Å²) in [4.78, 5) is 0.351. The highest BCUT2D eigenvalue weighted by atomic mass is 32.2. The van der Waals surface area contributed by atoms with Crippen molar-refractivity contribution in [1.29, 1.82) is 0 Å². The van der Waals surface area contributed by atoms with Gasteiger partial charge in [-0.1, -0.05) is 17.7 Å². The third-order valence-electron chi connectivity index (χ3n) is 4.30. The summed E-state index contributed by atoms with van der Waals surface area (Å²) < 4.78 is 56.5. The third kappa shape index (κ3) is 3.29. The molecule has 0 aliphatic carbocycles. The van der Waals surface area contributed by atoms with E-state index in [1.54, 1.807) is 24.3 Å². The molecule has 1 heterocycles. The normalized spacial score (nSPS) is 16.4. The Morgan fingerprint density at radius 1 is 0.880 bits per heavy atom. The predicted molar refractivity (Wildman–Crippen MR) is 93.9 cm³/mol. The monoisotopic (exact) mass is 381 g/mol. The van der Waals surface area contributed by atoms with Crippen LogP contribution in [0.1, 0.15) is 5.56 Å². The second kappa shape index (κ2) is 6.44. The lowest BCUT2D eigenvalue weighted by Crippen LogP contribution is -2.56. The molecule has 0 N–H and O–H groups in total. The number of aryl methyl sites for hydroxylation is 1. The molecule has 1 saturated heterocycles. The summed E-state index contributed by atoms with van der Waals surface area (Å²) in [5.74, 6) is 0.566. The first-order valence-electron chi connectivity index (χ1n) is 7.70. The molecule has 0 bridgehead atoms. The van der Waals surface area contributed by atoms with Gasteiger partial charge in [0.25, 0.3) is 0 Å². The van der Waals surface area contributed by atoms with E-state index in [4.69, 9.17) is 4.74 Å². The van der Waals surface area contributed by atoms with Crippen molar-refractivity contribution in [2.45, 2.75) is 22.0 Å². The van der Waals surface area contributed by atoms with Crippen molar-refractivity contribution in [3.05, 3.63) is 54.1 Å². The highest BCUT2D eigenvalue weighted by molar-refractivity contribution is 7.92. The van der Waals surface area contributed by atoms with Crippen LogP contribution in [0.25, 0.3) is 0 Å². The van der Waals surface area contributed by atoms with Gasteiger partial charge in [0.05, 0.1) is 22.2 Å². The van der Waals surface area contributed by atoms with E-state index < -0.39 is 25.1 Å². The van der Waals surface area contributed by atoms with Crippen LogP contribution in [0.15, 0.2) is 58.3 Å². The fourth-order valence-corrected chi connectivity index (χ4v) is 5.98. The van der Waals surface area contributed by atoms with Crippen molar-refractivity contribution in [2.75, 3.05) is 20.2 Å². The van der Waals surface area contributed by atoms with Gasteiger partial charge in [-0.05, 0) is 43.3 Å². The van der Waals surface area contributed by atoms with Crippen molar-refractivity contribution in [3.8, 4) is 5.75 Å². The van der Waals surface area contributed by atoms with Crippen LogP contribution in [0, 0.1) is 6.92 Å². The van der Waals surface area contributed by atoms with Gasteiger partial charge >= 0.3 is 0 Å². The number of nitrogens with zero attached hydrogens (tertiary/aromatic N) is 1. The summed E-state index contributed by atoms with van der Waals surface area (Å²) in [7, 11) is -5.72. The standard InChI is InChI=1S/C17H19NO5S2/c1-13-3-7-16(8-4-13)25(21,22)18-11-17(12-18)24(19,20)15-9-5-14(23-2)6-10-15/h3-10,17H,11-12H2,1-2H3. The Labute approximate surface area is 148 Å². The van der Waals surface area contributed by atoms with Crippen LogP contribution in [-0.2, 0) is 19.9 Å². The minimum absolute atomic E-state index is 0.0371. The Kier molecular flexibility index (Phi) is 4.61. The van der Waals surface area contributed by atoms with Crippen molar-refractivity contribution in [2.24, 2.45) is 0 Å². The van der Waals surface area contributed by atoms with Gasteiger partial charge in [0, 0.05) is 13.1 Å². The molecule has 0 unspecified atom stereocenters. The molecule has 134 valence electrons. The summed E-state index contributed by atoms with van der Waals surface area (Å²) in [6, 6.07) is 12.6. The summed E-state index contributed by atoms with van der Waals surface area (Å²) in [6.45, 7) is 1.80. The smallest absolute Gasteiger partial charge is 0.243 e. The first kappa shape index (κ1) is 17.9. The molecular weight excluding hydrogens is 362 g/mol. The van der Waals surface area contributed by atoms with E-state index in [0.717, 1.165) is 5.56 Å². The predicted octanol–water partition coefficient (Wildman–Crippen LogP) is 1.85. The van der Waals surface area contributed by atoms with E-state index in [0.29, 0.717) is 5.75 Å². The summed E-state index contributed by atoms with van der Waals surface area (Å²) in [5.41, 5.74) is 0.961. The molecule has 0 atom stereocenters. The van der Waals surface area contributed by atoms with Crippen LogP contribution >= 0.6 is 0 Å². The molecule has 25 heavy (non-hydrogen) atoms. The number of hydrogen-bond donors (Lipinski definition) is 0. The maximum atomic E-state index is 12.6. The molecule has 3 rings (SSSR count). The first-order valence-corrected chi connectivity index (χ1v) is 10.7. The van der Waals surface area contributed by atoms with Crippen LogP contribution in [0.4, 0.5) is 0 Å². The average Bonchev–Trinajstić information content (AvgIpc) is 2.53. The van der Waals surface area contributed by atoms with E-state index in [1.807, 2.05) is 6.92 Å². The maximum absolute atomic E-state index is 12.6. The molecule has 0 aromatic heterocycles. The first-order chi connectivity index (χ1) is 11.7. The molecule has 1 aliphatic rings. The molecular formula is C17H19NO5S2. The van der Waals surface area contributed by atoms with Crippen LogP contribution in [0.3, 0.4) is 0 Å². The third-order valence-corrected chi connectivity index (χ3v) is 8.25. The molecule has 8 heteroatoms. The lowest BCUT2D eigenvalue weighted by atomic mass is 10.2. The zero-order valence-corrected chi connectivity index (χ0v) is 15.5. The number of rotatable bonds is 5. The Balaban J connectivity index is 1.75. The number of methoxy groups -OCH3 is 1. The van der Waals surface area contributed by atoms with E-state index in [2.05, 4.69) is 0 Å². The summed E-state index contributed by atoms with van der Waals surface area (Å²) in [6.07, 6.45) is 0. The van der Waals surface area contributed by atoms with Gasteiger partial charge in [-0.25, -0.2) is 16.8 Å². The van der Waals surface area contributed by atoms with Gasteiger partial charge in [0.15, 0.2) is 9.84 Å². The number of sulfonamides is 1. The second-order valence-electron chi connectivity index (χ2n) is 5.98. The lowest BCUT2D eigenvalue weighted by molar-refractivity contribution is 0.309. The molecule has 0 spiro atoms. The molecule has 0 radical (unpaired) electrons. The SMILES string of the molecule is COc1ccc(S(=O)(=O)C2CN(S(=O)(=O)c3ccc(C)cc3)C2)cc1. The fraction of sp³-hybridized carbons (Fsp3) is 0.294. The minimum Gasteiger partial charge on any atom is -0.497 e. The van der Waals surface area contributed by atoms with Crippen molar-refractivity contribution < 1.29 is 21.6 Å². The number of benzene rings is 2. The molecule has 1 aliphatic heterocycles. The van der Waals surface area contributed by atoms with Gasteiger partial charge in [-0.15, -0.1) is 0 Å². The Morgan fingerprint density at radius 3 is 1.92 bits per heavy atom. The molecule has 1 fully saturated rings. The number of hydrogen-bond acceptors (Lipinski definition) is 5. The zero-order valence-electron chi connectivity index (χ0n) is 13.9. The van der Waals surface area contributed by atoms with Crippen molar-refractivity contribution in [3.63, 3.8) is 0 Å². The van der Waals surface area contributed by atoms with E-state index in [9.17, 15) is 16.8 Å². The Morgan fingerprint density at radius 2 is 1.40 bits per heavy atom. The minimum atomic E-state index is -3.66. The van der Waals surface area contributed by atoms with Crippen LogP contribution < -0.4 is 4.74 Å². The fourth-order valence-electron chi connectivity index (χ4n) is 2.61. The van der Waals surface area contributed by atoms with E-state index >= 15 is 0 Å². The van der Waals surface area contributed by atoms with Crippen molar-refractivity contribution in [1.82, 2.24) is 4.31 Å². The van der Waals surface area contributed by atoms with Crippen LogP contribution in [0.5, 0.6) is 5.75 Å². The molecule has 2 aromatic carbocycles. The molecule has 0 amide bonds. The topological polar surface area (TPSA) is 80.8 Å². The van der Waals surface area contributed by atoms with Gasteiger partial charge in [0.1, 0.15) is 5.75 Å². The van der Waals surface area contributed by atoms with Crippen molar-refractivity contribution >= 4 is 19.9 Å². The largest absolute Gasteiger partial charge is 0.497 e. The number of ether oxygens (including phenoxy) is 1. The summed E-state index contributed by atoms with van der Waals surface area (Å²) >= 11 is 0. The second-order valence-corrected chi connectivity index (χ2v) is 10.1. The van der Waals surface area contributed by atoms with E-state index in [1.165, 1.54) is 35.7 Å². The Bertz CT molecular complexity index is 959.